The normalized spacial score (nSPS) is 18.8. The molecule has 2 fully saturated rings. The summed E-state index contributed by atoms with van der Waals surface area (Å²) in [5.41, 5.74) is 2.01. The Morgan fingerprint density at radius 2 is 1.88 bits per heavy atom. The first-order chi connectivity index (χ1) is 15.4. The molecule has 170 valence electrons. The Kier molecular flexibility index (Phi) is 6.43. The van der Waals surface area contributed by atoms with Crippen LogP contribution >= 0.6 is 0 Å². The molecule has 0 bridgehead atoms. The molecular formula is C23H30N6O3. The van der Waals surface area contributed by atoms with Crippen molar-refractivity contribution >= 4 is 23.4 Å². The van der Waals surface area contributed by atoms with Gasteiger partial charge in [-0.1, -0.05) is 17.7 Å². The SMILES string of the molecule is Cc1ccc(N2CCN(CC(=O)N3CCCC(Oc4nccnc4N(C)C)C3)C2=O)cc1. The Balaban J connectivity index is 1.35. The molecule has 1 unspecified atom stereocenters. The third-order valence-electron chi connectivity index (χ3n) is 5.85. The first-order valence-corrected chi connectivity index (χ1v) is 11.0. The molecule has 3 amide bonds. The number of hydrogen-bond donors (Lipinski definition) is 0. The summed E-state index contributed by atoms with van der Waals surface area (Å²) in [6.07, 6.45) is 4.77. The van der Waals surface area contributed by atoms with E-state index in [4.69, 9.17) is 4.74 Å². The summed E-state index contributed by atoms with van der Waals surface area (Å²) in [4.78, 5) is 41.5. The van der Waals surface area contributed by atoms with Crippen molar-refractivity contribution in [1.29, 1.82) is 0 Å². The minimum absolute atomic E-state index is 0.0515. The van der Waals surface area contributed by atoms with Crippen LogP contribution in [0.2, 0.25) is 0 Å². The maximum atomic E-state index is 13.0. The van der Waals surface area contributed by atoms with Gasteiger partial charge in [-0.2, -0.15) is 0 Å². The van der Waals surface area contributed by atoms with Gasteiger partial charge in [0.15, 0.2) is 5.82 Å². The van der Waals surface area contributed by atoms with E-state index in [2.05, 4.69) is 9.97 Å². The number of urea groups is 1. The van der Waals surface area contributed by atoms with Crippen LogP contribution in [0.4, 0.5) is 16.3 Å². The van der Waals surface area contributed by atoms with Crippen molar-refractivity contribution in [1.82, 2.24) is 19.8 Å². The maximum Gasteiger partial charge on any atom is 0.325 e. The molecule has 2 aliphatic rings. The van der Waals surface area contributed by atoms with Gasteiger partial charge >= 0.3 is 6.03 Å². The average molecular weight is 439 g/mol. The van der Waals surface area contributed by atoms with Gasteiger partial charge in [0.05, 0.1) is 6.54 Å². The Morgan fingerprint density at radius 1 is 1.12 bits per heavy atom. The van der Waals surface area contributed by atoms with Crippen LogP contribution in [0.3, 0.4) is 0 Å². The quantitative estimate of drug-likeness (QED) is 0.688. The van der Waals surface area contributed by atoms with Crippen molar-refractivity contribution in [3.8, 4) is 5.88 Å². The topological polar surface area (TPSA) is 82.1 Å². The number of carbonyl (C=O) groups excluding carboxylic acids is 2. The second-order valence-electron chi connectivity index (χ2n) is 8.49. The van der Waals surface area contributed by atoms with Crippen LogP contribution in [-0.2, 0) is 4.79 Å². The third kappa shape index (κ3) is 4.76. The van der Waals surface area contributed by atoms with Gasteiger partial charge in [0, 0.05) is 51.8 Å². The van der Waals surface area contributed by atoms with Gasteiger partial charge in [0.1, 0.15) is 12.6 Å². The van der Waals surface area contributed by atoms with Gasteiger partial charge in [-0.15, -0.1) is 0 Å². The zero-order chi connectivity index (χ0) is 22.7. The lowest BCUT2D eigenvalue weighted by Crippen LogP contribution is -2.48. The van der Waals surface area contributed by atoms with Crippen molar-refractivity contribution in [2.24, 2.45) is 0 Å². The molecule has 1 aromatic carbocycles. The molecule has 1 aromatic heterocycles. The van der Waals surface area contributed by atoms with Crippen molar-refractivity contribution < 1.29 is 14.3 Å². The number of hydrogen-bond acceptors (Lipinski definition) is 6. The summed E-state index contributed by atoms with van der Waals surface area (Å²) in [7, 11) is 3.78. The minimum atomic E-state index is -0.151. The van der Waals surface area contributed by atoms with Gasteiger partial charge in [-0.3, -0.25) is 9.69 Å². The van der Waals surface area contributed by atoms with Gasteiger partial charge < -0.3 is 19.4 Å². The molecule has 32 heavy (non-hydrogen) atoms. The molecule has 0 radical (unpaired) electrons. The van der Waals surface area contributed by atoms with E-state index in [9.17, 15) is 9.59 Å². The standard InChI is InChI=1S/C23H30N6O3/c1-17-6-8-18(9-7-17)29-14-13-28(23(29)31)16-20(30)27-12-4-5-19(15-27)32-22-21(26(2)3)24-10-11-25-22/h6-11,19H,4-5,12-16H2,1-3H3. The molecule has 9 heteroatoms. The molecule has 3 heterocycles. The van der Waals surface area contributed by atoms with E-state index in [0.29, 0.717) is 37.9 Å². The molecule has 0 N–H and O–H groups in total. The summed E-state index contributed by atoms with van der Waals surface area (Å²) < 4.78 is 6.11. The Labute approximate surface area is 188 Å². The van der Waals surface area contributed by atoms with Crippen molar-refractivity contribution in [2.75, 3.05) is 56.6 Å². The van der Waals surface area contributed by atoms with E-state index in [-0.39, 0.29) is 24.6 Å². The molecule has 0 saturated carbocycles. The molecule has 2 saturated heterocycles. The van der Waals surface area contributed by atoms with Crippen LogP contribution in [-0.4, -0.2) is 84.6 Å². The third-order valence-corrected chi connectivity index (χ3v) is 5.85. The number of rotatable bonds is 6. The number of aromatic nitrogens is 2. The molecule has 0 spiro atoms. The predicted molar refractivity (Wildman–Crippen MR) is 122 cm³/mol. The van der Waals surface area contributed by atoms with Crippen LogP contribution in [0.15, 0.2) is 36.7 Å². The van der Waals surface area contributed by atoms with E-state index in [1.807, 2.05) is 50.2 Å². The van der Waals surface area contributed by atoms with E-state index in [1.54, 1.807) is 27.1 Å². The van der Waals surface area contributed by atoms with Gasteiger partial charge in [-0.25, -0.2) is 14.8 Å². The van der Waals surface area contributed by atoms with Crippen LogP contribution in [0.1, 0.15) is 18.4 Å². The number of carbonyl (C=O) groups is 2. The highest BCUT2D eigenvalue weighted by Gasteiger charge is 2.33. The van der Waals surface area contributed by atoms with Crippen molar-refractivity contribution in [3.63, 3.8) is 0 Å². The van der Waals surface area contributed by atoms with E-state index < -0.39 is 0 Å². The largest absolute Gasteiger partial charge is 0.470 e. The molecule has 9 nitrogen and oxygen atoms in total. The number of likely N-dealkylation sites (tertiary alicyclic amines) is 1. The molecule has 1 atom stereocenters. The van der Waals surface area contributed by atoms with E-state index in [1.165, 1.54) is 0 Å². The number of nitrogens with zero attached hydrogens (tertiary/aromatic N) is 6. The first kappa shape index (κ1) is 21.9. The van der Waals surface area contributed by atoms with E-state index >= 15 is 0 Å². The molecule has 0 aliphatic carbocycles. The maximum absolute atomic E-state index is 13.0. The zero-order valence-corrected chi connectivity index (χ0v) is 18.9. The smallest absolute Gasteiger partial charge is 0.325 e. The van der Waals surface area contributed by atoms with Crippen molar-refractivity contribution in [2.45, 2.75) is 25.9 Å². The van der Waals surface area contributed by atoms with Crippen LogP contribution in [0, 0.1) is 6.92 Å². The Bertz CT molecular complexity index is 964. The molecular weight excluding hydrogens is 408 g/mol. The first-order valence-electron chi connectivity index (χ1n) is 11.0. The summed E-state index contributed by atoms with van der Waals surface area (Å²) in [6, 6.07) is 7.74. The fraction of sp³-hybridized carbons (Fsp3) is 0.478. The summed E-state index contributed by atoms with van der Waals surface area (Å²) in [5, 5.41) is 0. The number of aryl methyl sites for hydroxylation is 1. The molecule has 2 aromatic rings. The van der Waals surface area contributed by atoms with Gasteiger partial charge in [0.2, 0.25) is 5.91 Å². The lowest BCUT2D eigenvalue weighted by molar-refractivity contribution is -0.134. The monoisotopic (exact) mass is 438 g/mol. The second-order valence-corrected chi connectivity index (χ2v) is 8.49. The lowest BCUT2D eigenvalue weighted by Gasteiger charge is -2.34. The van der Waals surface area contributed by atoms with Gasteiger partial charge in [-0.05, 0) is 31.9 Å². The highest BCUT2D eigenvalue weighted by molar-refractivity contribution is 5.96. The number of amides is 3. The second kappa shape index (κ2) is 9.42. The highest BCUT2D eigenvalue weighted by atomic mass is 16.5. The fourth-order valence-corrected chi connectivity index (χ4v) is 4.08. The average Bonchev–Trinajstić information content (AvgIpc) is 3.14. The van der Waals surface area contributed by atoms with Crippen LogP contribution < -0.4 is 14.5 Å². The minimum Gasteiger partial charge on any atom is -0.470 e. The summed E-state index contributed by atoms with van der Waals surface area (Å²) >= 11 is 0. The zero-order valence-electron chi connectivity index (χ0n) is 18.9. The highest BCUT2D eigenvalue weighted by Crippen LogP contribution is 2.25. The van der Waals surface area contributed by atoms with E-state index in [0.717, 1.165) is 24.1 Å². The van der Waals surface area contributed by atoms with Gasteiger partial charge in [0.25, 0.3) is 5.88 Å². The van der Waals surface area contributed by atoms with Crippen LogP contribution in [0.25, 0.3) is 0 Å². The summed E-state index contributed by atoms with van der Waals surface area (Å²) in [5.74, 6) is 1.08. The summed E-state index contributed by atoms with van der Waals surface area (Å²) in [6.45, 7) is 4.37. The lowest BCUT2D eigenvalue weighted by atomic mass is 10.1. The predicted octanol–water partition coefficient (Wildman–Crippen LogP) is 2.16. The fourth-order valence-electron chi connectivity index (χ4n) is 4.08. The number of anilines is 2. The molecule has 4 rings (SSSR count). The Morgan fingerprint density at radius 3 is 2.62 bits per heavy atom. The van der Waals surface area contributed by atoms with Crippen LogP contribution in [0.5, 0.6) is 5.88 Å². The molecule has 2 aliphatic heterocycles. The van der Waals surface area contributed by atoms with Crippen molar-refractivity contribution in [3.05, 3.63) is 42.2 Å². The Hall–Kier alpha value is -3.36. The number of ether oxygens (including phenoxy) is 1. The number of piperidine rings is 1. The number of benzene rings is 1.